The minimum absolute atomic E-state index is 0.296. The van der Waals surface area contributed by atoms with Crippen LogP contribution in [-0.2, 0) is 9.59 Å². The summed E-state index contributed by atoms with van der Waals surface area (Å²) in [5.74, 6) is -1.44. The van der Waals surface area contributed by atoms with Crippen LogP contribution in [-0.4, -0.2) is 22.3 Å². The lowest BCUT2D eigenvalue weighted by Gasteiger charge is -2.16. The molecule has 0 aromatic heterocycles. The number of nitrogens with one attached hydrogen (secondary N) is 2. The van der Waals surface area contributed by atoms with E-state index in [0.717, 1.165) is 0 Å². The lowest BCUT2D eigenvalue weighted by molar-refractivity contribution is -0.122. The van der Waals surface area contributed by atoms with Gasteiger partial charge < -0.3 is 15.4 Å². The number of para-hydroxylation sites is 1. The second kappa shape index (κ2) is 10.5. The number of anilines is 2. The number of ether oxygens (including phenoxy) is 1. The van der Waals surface area contributed by atoms with E-state index in [-0.39, 0.29) is 0 Å². The van der Waals surface area contributed by atoms with Crippen LogP contribution >= 0.6 is 58.0 Å². The molecule has 0 saturated heterocycles. The van der Waals surface area contributed by atoms with Crippen LogP contribution < -0.4 is 15.4 Å². The third kappa shape index (κ3) is 5.99. The molecule has 10 heteroatoms. The number of alkyl halides is 2. The standard InChI is InChI=1S/C25H19Cl5N2O3/c1-13(35-18-5-3-2-4-6-18)23(33)32-20-12-17(7-8-19(20)28)31-24(34)22-21(25(22,29)30)14-9-15(26)11-16(27)10-14/h2-13,21-22H,1H3,(H,31,34)(H,32,33)/t13-,21+,22-/m1/s1. The Morgan fingerprint density at radius 1 is 0.914 bits per heavy atom. The minimum Gasteiger partial charge on any atom is -0.481 e. The zero-order chi connectivity index (χ0) is 25.3. The van der Waals surface area contributed by atoms with Crippen molar-refractivity contribution >= 4 is 81.2 Å². The molecule has 182 valence electrons. The van der Waals surface area contributed by atoms with E-state index in [4.69, 9.17) is 62.7 Å². The molecule has 0 unspecified atom stereocenters. The highest BCUT2D eigenvalue weighted by Crippen LogP contribution is 2.65. The highest BCUT2D eigenvalue weighted by Gasteiger charge is 2.67. The minimum atomic E-state index is -1.31. The predicted molar refractivity (Wildman–Crippen MR) is 142 cm³/mol. The van der Waals surface area contributed by atoms with E-state index >= 15 is 0 Å². The van der Waals surface area contributed by atoms with Crippen molar-refractivity contribution in [1.29, 1.82) is 0 Å². The second-order valence-corrected chi connectivity index (χ2v) is 10.8. The van der Waals surface area contributed by atoms with Gasteiger partial charge in [-0.3, -0.25) is 9.59 Å². The largest absolute Gasteiger partial charge is 0.481 e. The molecule has 1 aliphatic rings. The van der Waals surface area contributed by atoms with E-state index in [9.17, 15) is 9.59 Å². The Morgan fingerprint density at radius 3 is 2.23 bits per heavy atom. The summed E-state index contributed by atoms with van der Waals surface area (Å²) in [6.45, 7) is 1.62. The molecule has 0 heterocycles. The Morgan fingerprint density at radius 2 is 1.57 bits per heavy atom. The van der Waals surface area contributed by atoms with Gasteiger partial charge >= 0.3 is 0 Å². The fourth-order valence-corrected chi connectivity index (χ4v) is 5.27. The first-order chi connectivity index (χ1) is 16.6. The summed E-state index contributed by atoms with van der Waals surface area (Å²) < 4.78 is 4.33. The average Bonchev–Trinajstić information content (AvgIpc) is 3.38. The van der Waals surface area contributed by atoms with E-state index in [1.807, 2.05) is 18.2 Å². The molecule has 1 fully saturated rings. The lowest BCUT2D eigenvalue weighted by Crippen LogP contribution is -2.30. The monoisotopic (exact) mass is 570 g/mol. The molecule has 0 bridgehead atoms. The Labute approximate surface area is 227 Å². The highest BCUT2D eigenvalue weighted by molar-refractivity contribution is 6.53. The van der Waals surface area contributed by atoms with Gasteiger partial charge in [0.05, 0.1) is 16.6 Å². The number of carbonyl (C=O) groups is 2. The molecule has 3 aromatic rings. The van der Waals surface area contributed by atoms with E-state index in [1.165, 1.54) is 0 Å². The van der Waals surface area contributed by atoms with Crippen LogP contribution in [0.3, 0.4) is 0 Å². The quantitative estimate of drug-likeness (QED) is 0.287. The Hall–Kier alpha value is -2.15. The fourth-order valence-electron chi connectivity index (χ4n) is 3.73. The molecule has 0 radical (unpaired) electrons. The highest BCUT2D eigenvalue weighted by atomic mass is 35.5. The van der Waals surface area contributed by atoms with Crippen LogP contribution in [0.2, 0.25) is 15.1 Å². The van der Waals surface area contributed by atoms with Gasteiger partial charge in [0.1, 0.15) is 10.1 Å². The Bertz CT molecular complexity index is 1250. The summed E-state index contributed by atoms with van der Waals surface area (Å²) in [5.41, 5.74) is 1.39. The summed E-state index contributed by atoms with van der Waals surface area (Å²) >= 11 is 31.3. The van der Waals surface area contributed by atoms with E-state index in [0.29, 0.717) is 37.8 Å². The summed E-state index contributed by atoms with van der Waals surface area (Å²) in [6.07, 6.45) is -0.781. The molecule has 1 aliphatic carbocycles. The fraction of sp³-hybridized carbons (Fsp3) is 0.200. The van der Waals surface area contributed by atoms with Crippen LogP contribution in [0, 0.1) is 5.92 Å². The molecule has 35 heavy (non-hydrogen) atoms. The predicted octanol–water partition coefficient (Wildman–Crippen LogP) is 7.58. The van der Waals surface area contributed by atoms with Gasteiger partial charge in [-0.15, -0.1) is 23.2 Å². The molecule has 0 aliphatic heterocycles. The van der Waals surface area contributed by atoms with E-state index in [2.05, 4.69) is 10.6 Å². The average molecular weight is 573 g/mol. The molecule has 3 aromatic carbocycles. The van der Waals surface area contributed by atoms with Crippen molar-refractivity contribution in [1.82, 2.24) is 0 Å². The van der Waals surface area contributed by atoms with Gasteiger partial charge in [-0.2, -0.15) is 0 Å². The third-order valence-electron chi connectivity index (χ3n) is 5.50. The Kier molecular flexibility index (Phi) is 7.74. The van der Waals surface area contributed by atoms with Crippen molar-refractivity contribution < 1.29 is 14.3 Å². The zero-order valence-electron chi connectivity index (χ0n) is 18.2. The van der Waals surface area contributed by atoms with Crippen molar-refractivity contribution in [3.05, 3.63) is 87.4 Å². The second-order valence-electron chi connectivity index (χ2n) is 8.08. The summed E-state index contributed by atoms with van der Waals surface area (Å²) in [5, 5.41) is 6.65. The van der Waals surface area contributed by atoms with Crippen LogP contribution in [0.5, 0.6) is 5.75 Å². The number of rotatable bonds is 7. The summed E-state index contributed by atoms with van der Waals surface area (Å²) in [4.78, 5) is 25.6. The van der Waals surface area contributed by atoms with Gasteiger partial charge in [-0.05, 0) is 61.0 Å². The SMILES string of the molecule is C[C@@H](Oc1ccccc1)C(=O)Nc1cc(NC(=O)[C@H]2[C@H](c3cc(Cl)cc(Cl)c3)C2(Cl)Cl)ccc1Cl. The molecular formula is C25H19Cl5N2O3. The molecule has 3 atom stereocenters. The molecule has 2 amide bonds. The van der Waals surface area contributed by atoms with Crippen molar-refractivity contribution in [3.63, 3.8) is 0 Å². The first-order valence-electron chi connectivity index (χ1n) is 10.5. The van der Waals surface area contributed by atoms with Gasteiger partial charge in [-0.1, -0.05) is 53.0 Å². The smallest absolute Gasteiger partial charge is 0.265 e. The maximum absolute atomic E-state index is 13.0. The van der Waals surface area contributed by atoms with Gasteiger partial charge in [0.15, 0.2) is 6.10 Å². The first-order valence-corrected chi connectivity index (χ1v) is 12.4. The number of carbonyl (C=O) groups excluding carboxylic acids is 2. The van der Waals surface area contributed by atoms with E-state index < -0.39 is 34.1 Å². The third-order valence-corrected chi connectivity index (χ3v) is 7.20. The molecule has 0 spiro atoms. The molecule has 2 N–H and O–H groups in total. The van der Waals surface area contributed by atoms with Crippen LogP contribution in [0.4, 0.5) is 11.4 Å². The van der Waals surface area contributed by atoms with Crippen LogP contribution in [0.25, 0.3) is 0 Å². The topological polar surface area (TPSA) is 67.4 Å². The molecular weight excluding hydrogens is 554 g/mol. The number of hydrogen-bond acceptors (Lipinski definition) is 3. The molecule has 4 rings (SSSR count). The summed E-state index contributed by atoms with van der Waals surface area (Å²) in [7, 11) is 0. The van der Waals surface area contributed by atoms with Gasteiger partial charge in [0.25, 0.3) is 5.91 Å². The van der Waals surface area contributed by atoms with Crippen molar-refractivity contribution in [2.75, 3.05) is 10.6 Å². The first kappa shape index (κ1) is 25.9. The number of benzene rings is 3. The lowest BCUT2D eigenvalue weighted by atomic mass is 10.1. The van der Waals surface area contributed by atoms with E-state index in [1.54, 1.807) is 55.5 Å². The molecule has 1 saturated carbocycles. The summed E-state index contributed by atoms with van der Waals surface area (Å²) in [6, 6.07) is 18.6. The van der Waals surface area contributed by atoms with Crippen molar-refractivity contribution in [2.24, 2.45) is 5.92 Å². The van der Waals surface area contributed by atoms with Crippen LogP contribution in [0.15, 0.2) is 66.7 Å². The number of hydrogen-bond donors (Lipinski definition) is 2. The van der Waals surface area contributed by atoms with Crippen LogP contribution in [0.1, 0.15) is 18.4 Å². The number of halogens is 5. The Balaban J connectivity index is 1.44. The number of amides is 2. The van der Waals surface area contributed by atoms with Gasteiger partial charge in [0.2, 0.25) is 5.91 Å². The van der Waals surface area contributed by atoms with Crippen molar-refractivity contribution in [3.8, 4) is 5.75 Å². The maximum atomic E-state index is 13.0. The normalized spacial score (nSPS) is 18.9. The zero-order valence-corrected chi connectivity index (χ0v) is 22.0. The van der Waals surface area contributed by atoms with Gasteiger partial charge in [0, 0.05) is 21.7 Å². The maximum Gasteiger partial charge on any atom is 0.265 e. The van der Waals surface area contributed by atoms with Crippen molar-refractivity contribution in [2.45, 2.75) is 23.3 Å². The molecule has 5 nitrogen and oxygen atoms in total. The van der Waals surface area contributed by atoms with Gasteiger partial charge in [-0.25, -0.2) is 0 Å².